The number of hydrogen-bond donors (Lipinski definition) is 1. The van der Waals surface area contributed by atoms with Crippen LogP contribution in [0.4, 0.5) is 8.78 Å². The van der Waals surface area contributed by atoms with Crippen LogP contribution < -0.4 is 5.32 Å². The summed E-state index contributed by atoms with van der Waals surface area (Å²) in [4.78, 5) is 0. The lowest BCUT2D eigenvalue weighted by molar-refractivity contribution is 0.487. The zero-order chi connectivity index (χ0) is 11.5. The molecule has 1 aromatic rings. The molecule has 0 radical (unpaired) electrons. The topological polar surface area (TPSA) is 12.0 Å². The first kappa shape index (κ1) is 11.5. The second-order valence-corrected chi connectivity index (χ2v) is 4.65. The van der Waals surface area contributed by atoms with Crippen LogP contribution in [0.25, 0.3) is 0 Å². The number of hydrogen-bond acceptors (Lipinski definition) is 1. The predicted molar refractivity (Wildman–Crippen MR) is 60.1 cm³/mol. The molecule has 1 aliphatic rings. The van der Waals surface area contributed by atoms with Crippen LogP contribution in [0.1, 0.15) is 37.8 Å². The summed E-state index contributed by atoms with van der Waals surface area (Å²) in [6, 6.07) is 4.36. The first-order valence-corrected chi connectivity index (χ1v) is 5.85. The fourth-order valence-electron chi connectivity index (χ4n) is 2.22. The Kier molecular flexibility index (Phi) is 3.54. The highest BCUT2D eigenvalue weighted by molar-refractivity contribution is 5.21. The summed E-state index contributed by atoms with van der Waals surface area (Å²) in [5, 5.41) is 3.39. The molecule has 1 aliphatic heterocycles. The van der Waals surface area contributed by atoms with E-state index in [0.29, 0.717) is 5.92 Å². The van der Waals surface area contributed by atoms with E-state index in [4.69, 9.17) is 0 Å². The van der Waals surface area contributed by atoms with Crippen molar-refractivity contribution in [1.29, 1.82) is 0 Å². The fourth-order valence-corrected chi connectivity index (χ4v) is 2.22. The Morgan fingerprint density at radius 1 is 1.12 bits per heavy atom. The van der Waals surface area contributed by atoms with Gasteiger partial charge in [-0.1, -0.05) is 13.0 Å². The number of rotatable bonds is 1. The molecule has 0 bridgehead atoms. The third-order valence-corrected chi connectivity index (χ3v) is 3.32. The van der Waals surface area contributed by atoms with Crippen LogP contribution in [0.2, 0.25) is 0 Å². The molecule has 88 valence electrons. The summed E-state index contributed by atoms with van der Waals surface area (Å²) >= 11 is 0. The van der Waals surface area contributed by atoms with Gasteiger partial charge in [-0.3, -0.25) is 0 Å². The van der Waals surface area contributed by atoms with Crippen LogP contribution in [0.5, 0.6) is 0 Å². The van der Waals surface area contributed by atoms with Gasteiger partial charge < -0.3 is 5.32 Å². The van der Waals surface area contributed by atoms with Gasteiger partial charge in [0.15, 0.2) is 11.6 Å². The van der Waals surface area contributed by atoms with E-state index in [-0.39, 0.29) is 6.04 Å². The second-order valence-electron chi connectivity index (χ2n) is 4.65. The van der Waals surface area contributed by atoms with E-state index in [2.05, 4.69) is 12.2 Å². The zero-order valence-corrected chi connectivity index (χ0v) is 9.47. The van der Waals surface area contributed by atoms with Gasteiger partial charge in [0, 0.05) is 6.04 Å². The quantitative estimate of drug-likeness (QED) is 0.772. The van der Waals surface area contributed by atoms with Crippen molar-refractivity contribution >= 4 is 0 Å². The van der Waals surface area contributed by atoms with E-state index in [1.165, 1.54) is 12.1 Å². The second kappa shape index (κ2) is 4.91. The summed E-state index contributed by atoms with van der Waals surface area (Å²) in [5.74, 6) is -0.815. The summed E-state index contributed by atoms with van der Waals surface area (Å²) in [7, 11) is 0. The smallest absolute Gasteiger partial charge is 0.159 e. The predicted octanol–water partition coefficient (Wildman–Crippen LogP) is 3.42. The molecular formula is C13H17F2N. The first-order chi connectivity index (χ1) is 7.66. The molecule has 0 aromatic heterocycles. The van der Waals surface area contributed by atoms with Crippen molar-refractivity contribution in [3.05, 3.63) is 35.4 Å². The Bertz CT molecular complexity index is 365. The Morgan fingerprint density at radius 3 is 2.69 bits per heavy atom. The van der Waals surface area contributed by atoms with Crippen LogP contribution in [0.3, 0.4) is 0 Å². The van der Waals surface area contributed by atoms with Crippen molar-refractivity contribution in [2.45, 2.75) is 32.2 Å². The van der Waals surface area contributed by atoms with Crippen molar-refractivity contribution in [3.8, 4) is 0 Å². The van der Waals surface area contributed by atoms with E-state index in [1.807, 2.05) is 0 Å². The van der Waals surface area contributed by atoms with E-state index < -0.39 is 11.6 Å². The molecule has 1 aromatic carbocycles. The van der Waals surface area contributed by atoms with Crippen LogP contribution in [-0.2, 0) is 0 Å². The molecule has 16 heavy (non-hydrogen) atoms. The minimum absolute atomic E-state index is 0.167. The number of nitrogens with one attached hydrogen (secondary N) is 1. The van der Waals surface area contributed by atoms with E-state index in [1.54, 1.807) is 6.07 Å². The molecule has 1 N–H and O–H groups in total. The lowest BCUT2D eigenvalue weighted by atomic mass is 9.98. The Hall–Kier alpha value is -0.960. The molecule has 0 saturated carbocycles. The van der Waals surface area contributed by atoms with Crippen molar-refractivity contribution in [2.24, 2.45) is 5.92 Å². The lowest BCUT2D eigenvalue weighted by Crippen LogP contribution is -2.20. The first-order valence-electron chi connectivity index (χ1n) is 5.85. The molecule has 0 unspecified atom stereocenters. The number of halogens is 2. The molecule has 1 nitrogen and oxygen atoms in total. The van der Waals surface area contributed by atoms with Gasteiger partial charge in [0.25, 0.3) is 0 Å². The third-order valence-electron chi connectivity index (χ3n) is 3.32. The Balaban J connectivity index is 2.13. The standard InChI is InChI=1S/C13H17F2N/c1-9-2-5-13(16-7-6-9)10-3-4-11(14)12(15)8-10/h3-4,8-9,13,16H,2,5-7H2,1H3/t9-,13+/m0/s1. The highest BCUT2D eigenvalue weighted by atomic mass is 19.2. The summed E-state index contributed by atoms with van der Waals surface area (Å²) in [6.45, 7) is 3.18. The fraction of sp³-hybridized carbons (Fsp3) is 0.538. The monoisotopic (exact) mass is 225 g/mol. The molecule has 1 fully saturated rings. The van der Waals surface area contributed by atoms with Gasteiger partial charge in [0.1, 0.15) is 0 Å². The van der Waals surface area contributed by atoms with Crippen molar-refractivity contribution in [3.63, 3.8) is 0 Å². The molecule has 1 saturated heterocycles. The normalized spacial score (nSPS) is 26.4. The lowest BCUT2D eigenvalue weighted by Gasteiger charge is -2.16. The van der Waals surface area contributed by atoms with Gasteiger partial charge in [0.2, 0.25) is 0 Å². The maximum Gasteiger partial charge on any atom is 0.159 e. The van der Waals surface area contributed by atoms with E-state index >= 15 is 0 Å². The van der Waals surface area contributed by atoms with E-state index in [0.717, 1.165) is 31.4 Å². The highest BCUT2D eigenvalue weighted by Crippen LogP contribution is 2.26. The molecule has 2 atom stereocenters. The molecular weight excluding hydrogens is 208 g/mol. The van der Waals surface area contributed by atoms with Gasteiger partial charge in [-0.15, -0.1) is 0 Å². The van der Waals surface area contributed by atoms with Gasteiger partial charge in [-0.25, -0.2) is 8.78 Å². The average Bonchev–Trinajstić information content (AvgIpc) is 2.47. The minimum Gasteiger partial charge on any atom is -0.310 e. The van der Waals surface area contributed by atoms with Gasteiger partial charge in [-0.2, -0.15) is 0 Å². The SMILES string of the molecule is C[C@@H]1CCN[C@@H](c2ccc(F)c(F)c2)CC1. The van der Waals surface area contributed by atoms with Crippen molar-refractivity contribution < 1.29 is 8.78 Å². The molecule has 0 aliphatic carbocycles. The maximum absolute atomic E-state index is 13.1. The molecule has 1 heterocycles. The van der Waals surface area contributed by atoms with Gasteiger partial charge in [-0.05, 0) is 49.4 Å². The highest BCUT2D eigenvalue weighted by Gasteiger charge is 2.18. The van der Waals surface area contributed by atoms with E-state index in [9.17, 15) is 8.78 Å². The van der Waals surface area contributed by atoms with Gasteiger partial charge >= 0.3 is 0 Å². The Labute approximate surface area is 94.9 Å². The van der Waals surface area contributed by atoms with Crippen LogP contribution in [0.15, 0.2) is 18.2 Å². The van der Waals surface area contributed by atoms with Crippen LogP contribution in [0, 0.1) is 17.6 Å². The van der Waals surface area contributed by atoms with Crippen LogP contribution >= 0.6 is 0 Å². The average molecular weight is 225 g/mol. The largest absolute Gasteiger partial charge is 0.310 e. The van der Waals surface area contributed by atoms with Gasteiger partial charge in [0.05, 0.1) is 0 Å². The minimum atomic E-state index is -0.772. The maximum atomic E-state index is 13.1. The van der Waals surface area contributed by atoms with Crippen LogP contribution in [-0.4, -0.2) is 6.54 Å². The molecule has 3 heteroatoms. The molecule has 0 amide bonds. The molecule has 0 spiro atoms. The zero-order valence-electron chi connectivity index (χ0n) is 9.47. The van der Waals surface area contributed by atoms with Crippen molar-refractivity contribution in [2.75, 3.05) is 6.54 Å². The summed E-state index contributed by atoms with van der Waals surface area (Å²) < 4.78 is 25.9. The molecule has 2 rings (SSSR count). The van der Waals surface area contributed by atoms with Crippen molar-refractivity contribution in [1.82, 2.24) is 5.32 Å². The summed E-state index contributed by atoms with van der Waals surface area (Å²) in [6.07, 6.45) is 3.28. The number of benzene rings is 1. The third kappa shape index (κ3) is 2.59. The Morgan fingerprint density at radius 2 is 1.94 bits per heavy atom. The summed E-state index contributed by atoms with van der Waals surface area (Å²) in [5.41, 5.74) is 0.855.